The lowest BCUT2D eigenvalue weighted by atomic mass is 10.1. The number of fused-ring (bicyclic) bond motifs is 1. The van der Waals surface area contributed by atoms with Gasteiger partial charge in [-0.15, -0.1) is 0 Å². The van der Waals surface area contributed by atoms with Gasteiger partial charge in [0.2, 0.25) is 11.8 Å². The van der Waals surface area contributed by atoms with Crippen LogP contribution in [0.1, 0.15) is 57.2 Å². The Morgan fingerprint density at radius 3 is 2.51 bits per heavy atom. The largest absolute Gasteiger partial charge is 0.459 e. The number of nitrogens with one attached hydrogen (secondary N) is 1. The molecule has 12 heteroatoms. The van der Waals surface area contributed by atoms with Crippen LogP contribution >= 0.6 is 0 Å². The van der Waals surface area contributed by atoms with Crippen molar-refractivity contribution in [3.05, 3.63) is 70.1 Å². The molecule has 0 radical (unpaired) electrons. The molecule has 12 nitrogen and oxygen atoms in total. The molecule has 2 aliphatic rings. The number of ether oxygens (including phenoxy) is 3. The average molecular weight is 617 g/mol. The van der Waals surface area contributed by atoms with E-state index in [1.807, 2.05) is 30.3 Å². The number of aromatic nitrogens is 2. The number of rotatable bonds is 6. The lowest BCUT2D eigenvalue weighted by Gasteiger charge is -2.27. The third-order valence-corrected chi connectivity index (χ3v) is 7.62. The third-order valence-electron chi connectivity index (χ3n) is 7.62. The van der Waals surface area contributed by atoms with E-state index in [0.29, 0.717) is 16.6 Å². The number of piperidine rings is 1. The van der Waals surface area contributed by atoms with Crippen LogP contribution in [-0.2, 0) is 42.2 Å². The SMILES string of the molecule is Cn1c(=O)n(C2CCC(=O)NC2=O)c2ccc(C#CCO[C@@H]3C[C@H](C(=O)OCc4ccccc4)N(C(=O)OC(C)(C)C)C3)cc21. The van der Waals surface area contributed by atoms with Crippen molar-refractivity contribution in [1.82, 2.24) is 19.4 Å². The van der Waals surface area contributed by atoms with E-state index in [-0.39, 0.29) is 50.6 Å². The molecule has 45 heavy (non-hydrogen) atoms. The van der Waals surface area contributed by atoms with Gasteiger partial charge in [0, 0.05) is 25.5 Å². The van der Waals surface area contributed by atoms with E-state index >= 15 is 0 Å². The summed E-state index contributed by atoms with van der Waals surface area (Å²) >= 11 is 0. The highest BCUT2D eigenvalue weighted by Gasteiger charge is 2.43. The Balaban J connectivity index is 1.25. The van der Waals surface area contributed by atoms with Crippen LogP contribution in [0.15, 0.2) is 53.3 Å². The highest BCUT2D eigenvalue weighted by molar-refractivity contribution is 6.00. The van der Waals surface area contributed by atoms with Gasteiger partial charge in [0.05, 0.1) is 23.7 Å². The molecule has 3 aromatic rings. The molecule has 1 N–H and O–H groups in total. The van der Waals surface area contributed by atoms with Crippen LogP contribution in [0, 0.1) is 11.8 Å². The molecular formula is C33H36N4O8. The van der Waals surface area contributed by atoms with Crippen molar-refractivity contribution in [3.63, 3.8) is 0 Å². The Morgan fingerprint density at radius 1 is 1.04 bits per heavy atom. The maximum Gasteiger partial charge on any atom is 0.411 e. The molecule has 3 amide bonds. The second-order valence-corrected chi connectivity index (χ2v) is 12.1. The highest BCUT2D eigenvalue weighted by Crippen LogP contribution is 2.26. The second-order valence-electron chi connectivity index (χ2n) is 12.1. The number of aryl methyl sites for hydroxylation is 1. The number of hydrogen-bond acceptors (Lipinski definition) is 8. The molecule has 0 bridgehead atoms. The molecule has 236 valence electrons. The van der Waals surface area contributed by atoms with Gasteiger partial charge in [-0.1, -0.05) is 42.2 Å². The molecule has 2 aliphatic heterocycles. The van der Waals surface area contributed by atoms with Crippen molar-refractivity contribution in [1.29, 1.82) is 0 Å². The van der Waals surface area contributed by atoms with Crippen molar-refractivity contribution < 1.29 is 33.4 Å². The van der Waals surface area contributed by atoms with E-state index in [9.17, 15) is 24.0 Å². The zero-order valence-electron chi connectivity index (χ0n) is 25.7. The number of likely N-dealkylation sites (tertiary alicyclic amines) is 1. The monoisotopic (exact) mass is 616 g/mol. The smallest absolute Gasteiger partial charge is 0.411 e. The predicted molar refractivity (Wildman–Crippen MR) is 163 cm³/mol. The lowest BCUT2D eigenvalue weighted by Crippen LogP contribution is -2.44. The zero-order chi connectivity index (χ0) is 32.3. The van der Waals surface area contributed by atoms with Crippen LogP contribution in [0.25, 0.3) is 11.0 Å². The Morgan fingerprint density at radius 2 is 1.80 bits per heavy atom. The number of hydrogen-bond donors (Lipinski definition) is 1. The van der Waals surface area contributed by atoms with Gasteiger partial charge in [-0.05, 0) is 51.0 Å². The van der Waals surface area contributed by atoms with E-state index in [1.54, 1.807) is 46.0 Å². The minimum absolute atomic E-state index is 0.0346. The first-order chi connectivity index (χ1) is 21.4. The Kier molecular flexibility index (Phi) is 9.11. The summed E-state index contributed by atoms with van der Waals surface area (Å²) in [6, 6.07) is 12.9. The number of carbonyl (C=O) groups excluding carboxylic acids is 4. The van der Waals surface area contributed by atoms with E-state index in [0.717, 1.165) is 5.56 Å². The standard InChI is InChI=1S/C33H36N4O8/c1-33(2,3)45-32(42)36-19-23(18-27(36)30(40)44-20-22-9-6-5-7-10-22)43-16-8-11-21-12-13-24-26(17-21)35(4)31(41)37(24)25-14-15-28(38)34-29(25)39/h5-7,9-10,12-13,17,23,25,27H,14-16,18-20H2,1-4H3,(H,34,38,39)/t23-,25?,27-/m1/s1. The predicted octanol–water partition coefficient (Wildman–Crippen LogP) is 2.81. The van der Waals surface area contributed by atoms with Gasteiger partial charge < -0.3 is 14.2 Å². The summed E-state index contributed by atoms with van der Waals surface area (Å²) in [6.07, 6.45) is -0.442. The van der Waals surface area contributed by atoms with Gasteiger partial charge in [-0.2, -0.15) is 0 Å². The fourth-order valence-electron chi connectivity index (χ4n) is 5.46. The van der Waals surface area contributed by atoms with E-state index in [4.69, 9.17) is 14.2 Å². The molecule has 5 rings (SSSR count). The fourth-order valence-corrected chi connectivity index (χ4v) is 5.46. The number of imide groups is 1. The topological polar surface area (TPSA) is 138 Å². The summed E-state index contributed by atoms with van der Waals surface area (Å²) in [7, 11) is 1.62. The molecule has 3 atom stereocenters. The Hall–Kier alpha value is -4.89. The Labute approximate surface area is 260 Å². The first-order valence-electron chi connectivity index (χ1n) is 14.8. The fraction of sp³-hybridized carbons (Fsp3) is 0.424. The Bertz CT molecular complexity index is 1740. The van der Waals surface area contributed by atoms with Crippen LogP contribution in [0.2, 0.25) is 0 Å². The molecule has 3 heterocycles. The summed E-state index contributed by atoms with van der Waals surface area (Å²) in [5.74, 6) is 4.61. The van der Waals surface area contributed by atoms with Crippen LogP contribution in [0.4, 0.5) is 4.79 Å². The average Bonchev–Trinajstić information content (AvgIpc) is 3.53. The normalized spacial score (nSPS) is 20.0. The number of amides is 3. The molecule has 0 aliphatic carbocycles. The maximum atomic E-state index is 13.0. The highest BCUT2D eigenvalue weighted by atomic mass is 16.6. The van der Waals surface area contributed by atoms with Gasteiger partial charge >= 0.3 is 17.8 Å². The quantitative estimate of drug-likeness (QED) is 0.254. The van der Waals surface area contributed by atoms with Crippen LogP contribution in [-0.4, -0.2) is 68.8 Å². The third kappa shape index (κ3) is 7.26. The molecule has 1 aromatic heterocycles. The van der Waals surface area contributed by atoms with Crippen LogP contribution < -0.4 is 11.0 Å². The lowest BCUT2D eigenvalue weighted by molar-refractivity contribution is -0.150. The molecule has 2 fully saturated rings. The van der Waals surface area contributed by atoms with Crippen molar-refractivity contribution in [2.75, 3.05) is 13.2 Å². The summed E-state index contributed by atoms with van der Waals surface area (Å²) in [4.78, 5) is 64.4. The summed E-state index contributed by atoms with van der Waals surface area (Å²) < 4.78 is 19.9. The van der Waals surface area contributed by atoms with Gasteiger partial charge in [0.25, 0.3) is 0 Å². The van der Waals surface area contributed by atoms with Gasteiger partial charge in [0.15, 0.2) is 0 Å². The van der Waals surface area contributed by atoms with Crippen molar-refractivity contribution in [3.8, 4) is 11.8 Å². The molecular weight excluding hydrogens is 580 g/mol. The first kappa shape index (κ1) is 31.5. The van der Waals surface area contributed by atoms with Crippen molar-refractivity contribution in [2.45, 2.75) is 70.4 Å². The summed E-state index contributed by atoms with van der Waals surface area (Å²) in [6.45, 7) is 5.53. The van der Waals surface area contributed by atoms with Gasteiger partial charge in [-0.25, -0.2) is 14.4 Å². The number of esters is 1. The minimum Gasteiger partial charge on any atom is -0.459 e. The van der Waals surface area contributed by atoms with E-state index in [1.165, 1.54) is 14.0 Å². The summed E-state index contributed by atoms with van der Waals surface area (Å²) in [5, 5.41) is 2.30. The molecule has 2 aromatic carbocycles. The van der Waals surface area contributed by atoms with Gasteiger partial charge in [0.1, 0.15) is 30.9 Å². The van der Waals surface area contributed by atoms with Crippen molar-refractivity contribution in [2.24, 2.45) is 7.05 Å². The maximum absolute atomic E-state index is 13.0. The van der Waals surface area contributed by atoms with E-state index in [2.05, 4.69) is 17.2 Å². The number of nitrogens with zero attached hydrogens (tertiary/aromatic N) is 3. The minimum atomic E-state index is -0.862. The van der Waals surface area contributed by atoms with Crippen LogP contribution in [0.3, 0.4) is 0 Å². The second kappa shape index (κ2) is 13.0. The molecule has 0 spiro atoms. The number of benzene rings is 2. The van der Waals surface area contributed by atoms with Gasteiger partial charge in [-0.3, -0.25) is 28.9 Å². The first-order valence-corrected chi connectivity index (χ1v) is 14.8. The van der Waals surface area contributed by atoms with Crippen molar-refractivity contribution >= 4 is 34.9 Å². The van der Waals surface area contributed by atoms with Crippen LogP contribution in [0.5, 0.6) is 0 Å². The zero-order valence-corrected chi connectivity index (χ0v) is 25.7. The van der Waals surface area contributed by atoms with E-state index < -0.39 is 41.8 Å². The number of imidazole rings is 1. The molecule has 0 saturated carbocycles. The summed E-state index contributed by atoms with van der Waals surface area (Å²) in [5.41, 5.74) is 1.52. The molecule has 1 unspecified atom stereocenters. The molecule has 2 saturated heterocycles. The number of carbonyl (C=O) groups is 4.